The van der Waals surface area contributed by atoms with E-state index in [-0.39, 0.29) is 0 Å². The van der Waals surface area contributed by atoms with Gasteiger partial charge in [-0.3, -0.25) is 4.98 Å². The Morgan fingerprint density at radius 3 is 2.25 bits per heavy atom. The van der Waals surface area contributed by atoms with E-state index in [1.807, 2.05) is 0 Å². The molecular weight excluding hydrogens is 245 g/mol. The lowest BCUT2D eigenvalue weighted by atomic mass is 10.1. The van der Waals surface area contributed by atoms with Gasteiger partial charge in [-0.1, -0.05) is 35.3 Å². The van der Waals surface area contributed by atoms with Crippen molar-refractivity contribution in [1.82, 2.24) is 4.98 Å². The highest BCUT2D eigenvalue weighted by molar-refractivity contribution is 6.36. The average molecular weight is 254 g/mol. The second kappa shape index (κ2) is 4.83. The summed E-state index contributed by atoms with van der Waals surface area (Å²) in [5.41, 5.74) is 1.02. The summed E-state index contributed by atoms with van der Waals surface area (Å²) in [5.74, 6) is 0. The molecule has 16 heavy (non-hydrogen) atoms. The maximum atomic E-state index is 10.1. The summed E-state index contributed by atoms with van der Waals surface area (Å²) in [5, 5.41) is 11.0. The summed E-state index contributed by atoms with van der Waals surface area (Å²) in [6.45, 7) is 0. The van der Waals surface area contributed by atoms with Gasteiger partial charge < -0.3 is 5.11 Å². The van der Waals surface area contributed by atoms with Crippen molar-refractivity contribution in [2.75, 3.05) is 0 Å². The normalized spacial score (nSPS) is 12.4. The number of halogens is 2. The van der Waals surface area contributed by atoms with Crippen LogP contribution in [0.15, 0.2) is 42.6 Å². The lowest BCUT2D eigenvalue weighted by Crippen LogP contribution is -2.03. The van der Waals surface area contributed by atoms with E-state index < -0.39 is 6.10 Å². The molecule has 1 aromatic heterocycles. The van der Waals surface area contributed by atoms with Crippen molar-refractivity contribution in [1.29, 1.82) is 0 Å². The van der Waals surface area contributed by atoms with Gasteiger partial charge in [-0.25, -0.2) is 0 Å². The first-order valence-corrected chi connectivity index (χ1v) is 5.48. The molecular formula is C12H9Cl2NO. The zero-order valence-electron chi connectivity index (χ0n) is 8.27. The molecule has 2 nitrogen and oxygen atoms in total. The number of aliphatic hydroxyl groups is 1. The molecule has 0 unspecified atom stereocenters. The highest BCUT2D eigenvalue weighted by Gasteiger charge is 2.17. The van der Waals surface area contributed by atoms with Crippen LogP contribution in [-0.4, -0.2) is 10.1 Å². The zero-order valence-corrected chi connectivity index (χ0v) is 9.78. The smallest absolute Gasteiger partial charge is 0.124 e. The minimum atomic E-state index is -0.901. The molecule has 1 N–H and O–H groups in total. The molecule has 2 rings (SSSR count). The predicted octanol–water partition coefficient (Wildman–Crippen LogP) is 3.47. The number of nitrogens with zero attached hydrogens (tertiary/aromatic N) is 1. The first-order chi connectivity index (χ1) is 7.70. The number of aromatic nitrogens is 1. The Bertz CT molecular complexity index is 467. The fourth-order valence-electron chi connectivity index (χ4n) is 1.46. The Morgan fingerprint density at radius 2 is 1.69 bits per heavy atom. The quantitative estimate of drug-likeness (QED) is 0.890. The summed E-state index contributed by atoms with van der Waals surface area (Å²) in [6.07, 6.45) is 0.714. The molecule has 1 heterocycles. The maximum Gasteiger partial charge on any atom is 0.124 e. The van der Waals surface area contributed by atoms with Gasteiger partial charge in [0, 0.05) is 21.8 Å². The van der Waals surface area contributed by atoms with Crippen LogP contribution in [0.2, 0.25) is 10.0 Å². The molecule has 0 radical (unpaired) electrons. The highest BCUT2D eigenvalue weighted by atomic mass is 35.5. The number of benzene rings is 1. The van der Waals surface area contributed by atoms with Crippen LogP contribution in [-0.2, 0) is 0 Å². The molecule has 1 atom stereocenters. The predicted molar refractivity (Wildman–Crippen MR) is 64.8 cm³/mol. The molecule has 2 aromatic rings. The Kier molecular flexibility index (Phi) is 3.44. The van der Waals surface area contributed by atoms with Crippen molar-refractivity contribution in [3.8, 4) is 0 Å². The SMILES string of the molecule is O[C@@H](c1ccccn1)c1c(Cl)cccc1Cl. The number of aliphatic hydroxyl groups excluding tert-OH is 1. The molecule has 82 valence electrons. The Labute approximate surface area is 103 Å². The monoisotopic (exact) mass is 253 g/mol. The summed E-state index contributed by atoms with van der Waals surface area (Å²) in [7, 11) is 0. The third kappa shape index (κ3) is 2.19. The lowest BCUT2D eigenvalue weighted by Gasteiger charge is -2.13. The highest BCUT2D eigenvalue weighted by Crippen LogP contribution is 2.32. The molecule has 0 saturated heterocycles. The minimum absolute atomic E-state index is 0.436. The number of hydrogen-bond acceptors (Lipinski definition) is 2. The first-order valence-electron chi connectivity index (χ1n) is 4.73. The Balaban J connectivity index is 2.46. The van der Waals surface area contributed by atoms with Crippen LogP contribution in [0.25, 0.3) is 0 Å². The van der Waals surface area contributed by atoms with E-state index >= 15 is 0 Å². The molecule has 1 aromatic carbocycles. The van der Waals surface area contributed by atoms with E-state index in [4.69, 9.17) is 23.2 Å². The molecule has 4 heteroatoms. The summed E-state index contributed by atoms with van der Waals surface area (Å²) < 4.78 is 0. The number of rotatable bonds is 2. The fraction of sp³-hybridized carbons (Fsp3) is 0.0833. The van der Waals surface area contributed by atoms with Crippen molar-refractivity contribution in [3.63, 3.8) is 0 Å². The largest absolute Gasteiger partial charge is 0.382 e. The van der Waals surface area contributed by atoms with E-state index in [0.29, 0.717) is 21.3 Å². The van der Waals surface area contributed by atoms with Crippen LogP contribution in [0.5, 0.6) is 0 Å². The molecule has 0 amide bonds. The topological polar surface area (TPSA) is 33.1 Å². The average Bonchev–Trinajstić information content (AvgIpc) is 2.30. The summed E-state index contributed by atoms with van der Waals surface area (Å²) >= 11 is 12.0. The van der Waals surface area contributed by atoms with Gasteiger partial charge in [0.1, 0.15) is 6.10 Å². The number of hydrogen-bond donors (Lipinski definition) is 1. The van der Waals surface area contributed by atoms with Crippen LogP contribution < -0.4 is 0 Å². The van der Waals surface area contributed by atoms with Crippen molar-refractivity contribution < 1.29 is 5.11 Å². The third-order valence-electron chi connectivity index (χ3n) is 2.24. The van der Waals surface area contributed by atoms with Gasteiger partial charge in [0.2, 0.25) is 0 Å². The van der Waals surface area contributed by atoms with Crippen molar-refractivity contribution in [2.24, 2.45) is 0 Å². The zero-order chi connectivity index (χ0) is 11.5. The standard InChI is InChI=1S/C12H9Cl2NO/c13-8-4-3-5-9(14)11(8)12(16)10-6-1-2-7-15-10/h1-7,12,16H/t12-/m0/s1. The molecule has 0 saturated carbocycles. The maximum absolute atomic E-state index is 10.1. The van der Waals surface area contributed by atoms with Gasteiger partial charge in [0.25, 0.3) is 0 Å². The van der Waals surface area contributed by atoms with E-state index in [1.54, 1.807) is 42.6 Å². The van der Waals surface area contributed by atoms with Gasteiger partial charge >= 0.3 is 0 Å². The molecule has 0 aliphatic heterocycles. The first kappa shape index (κ1) is 11.4. The molecule has 0 fully saturated rings. The molecule has 0 spiro atoms. The van der Waals surface area contributed by atoms with E-state index in [9.17, 15) is 5.11 Å². The van der Waals surface area contributed by atoms with Crippen LogP contribution in [0, 0.1) is 0 Å². The summed E-state index contributed by atoms with van der Waals surface area (Å²) in [6, 6.07) is 10.4. The van der Waals surface area contributed by atoms with Crippen LogP contribution in [0.1, 0.15) is 17.4 Å². The van der Waals surface area contributed by atoms with E-state index in [2.05, 4.69) is 4.98 Å². The molecule has 0 bridgehead atoms. The molecule has 0 aliphatic carbocycles. The van der Waals surface area contributed by atoms with Gasteiger partial charge in [-0.15, -0.1) is 0 Å². The second-order valence-electron chi connectivity index (χ2n) is 3.29. The van der Waals surface area contributed by atoms with Gasteiger partial charge in [-0.2, -0.15) is 0 Å². The van der Waals surface area contributed by atoms with Gasteiger partial charge in [0.15, 0.2) is 0 Å². The van der Waals surface area contributed by atoms with Gasteiger partial charge in [-0.05, 0) is 24.3 Å². The second-order valence-corrected chi connectivity index (χ2v) is 4.11. The van der Waals surface area contributed by atoms with E-state index in [0.717, 1.165) is 0 Å². The fourth-order valence-corrected chi connectivity index (χ4v) is 2.06. The number of pyridine rings is 1. The van der Waals surface area contributed by atoms with Crippen LogP contribution in [0.4, 0.5) is 0 Å². The van der Waals surface area contributed by atoms with E-state index in [1.165, 1.54) is 0 Å². The van der Waals surface area contributed by atoms with Crippen LogP contribution in [0.3, 0.4) is 0 Å². The van der Waals surface area contributed by atoms with Crippen LogP contribution >= 0.6 is 23.2 Å². The lowest BCUT2D eigenvalue weighted by molar-refractivity contribution is 0.215. The Hall–Kier alpha value is -1.09. The Morgan fingerprint density at radius 1 is 1.00 bits per heavy atom. The third-order valence-corrected chi connectivity index (χ3v) is 2.90. The van der Waals surface area contributed by atoms with Crippen molar-refractivity contribution in [2.45, 2.75) is 6.10 Å². The summed E-state index contributed by atoms with van der Waals surface area (Å²) in [4.78, 5) is 4.07. The van der Waals surface area contributed by atoms with Crippen molar-refractivity contribution in [3.05, 3.63) is 63.9 Å². The van der Waals surface area contributed by atoms with Gasteiger partial charge in [0.05, 0.1) is 5.69 Å². The molecule has 0 aliphatic rings. The van der Waals surface area contributed by atoms with Crippen molar-refractivity contribution >= 4 is 23.2 Å². The minimum Gasteiger partial charge on any atom is -0.382 e.